The summed E-state index contributed by atoms with van der Waals surface area (Å²) in [6.45, 7) is 0. The van der Waals surface area contributed by atoms with Gasteiger partial charge in [-0.2, -0.15) is 5.10 Å². The van der Waals surface area contributed by atoms with Crippen molar-refractivity contribution in [1.82, 2.24) is 0 Å². The van der Waals surface area contributed by atoms with E-state index in [9.17, 15) is 0 Å². The van der Waals surface area contributed by atoms with Gasteiger partial charge in [-0.25, -0.2) is 0 Å². The quantitative estimate of drug-likeness (QED) is 0.486. The number of benzene rings is 2. The van der Waals surface area contributed by atoms with E-state index in [1.54, 1.807) is 20.4 Å². The summed E-state index contributed by atoms with van der Waals surface area (Å²) < 4.78 is 10.4. The van der Waals surface area contributed by atoms with Crippen LogP contribution in [0, 0.1) is 0 Å². The van der Waals surface area contributed by atoms with E-state index in [-0.39, 0.29) is 0 Å². The first-order valence-corrected chi connectivity index (χ1v) is 6.18. The molecule has 2 aromatic rings. The lowest BCUT2D eigenvalue weighted by molar-refractivity contribution is 0.403. The number of methoxy groups -OCH3 is 2. The van der Waals surface area contributed by atoms with Crippen molar-refractivity contribution in [2.45, 2.75) is 0 Å². The van der Waals surface area contributed by atoms with Crippen LogP contribution in [-0.4, -0.2) is 26.3 Å². The Morgan fingerprint density at radius 2 is 1.80 bits per heavy atom. The molecule has 0 spiro atoms. The van der Waals surface area contributed by atoms with Gasteiger partial charge in [-0.05, 0) is 29.8 Å². The van der Waals surface area contributed by atoms with Gasteiger partial charge in [0, 0.05) is 5.56 Å². The van der Waals surface area contributed by atoms with Gasteiger partial charge in [-0.1, -0.05) is 30.3 Å². The summed E-state index contributed by atoms with van der Waals surface area (Å²) in [6, 6.07) is 17.2. The maximum atomic E-state index is 5.23. The predicted octanol–water partition coefficient (Wildman–Crippen LogP) is 3.12. The molecule has 0 bridgehead atoms. The highest BCUT2D eigenvalue weighted by Crippen LogP contribution is 2.11. The zero-order valence-corrected chi connectivity index (χ0v) is 11.5. The van der Waals surface area contributed by atoms with Crippen LogP contribution in [0.3, 0.4) is 0 Å². The third kappa shape index (κ3) is 3.68. The first-order valence-electron chi connectivity index (χ1n) is 6.18. The molecular formula is C16H16N2O2. The molecule has 0 atom stereocenters. The molecule has 20 heavy (non-hydrogen) atoms. The molecule has 0 aliphatic carbocycles. The Morgan fingerprint density at radius 1 is 1.00 bits per heavy atom. The summed E-state index contributed by atoms with van der Waals surface area (Å²) in [7, 11) is 3.21. The second kappa shape index (κ2) is 7.09. The molecule has 0 saturated heterocycles. The van der Waals surface area contributed by atoms with E-state index in [4.69, 9.17) is 9.47 Å². The Labute approximate surface area is 118 Å². The molecule has 2 aromatic carbocycles. The van der Waals surface area contributed by atoms with Gasteiger partial charge in [0.05, 0.1) is 20.4 Å². The lowest BCUT2D eigenvalue weighted by Gasteiger charge is -2.02. The van der Waals surface area contributed by atoms with Crippen molar-refractivity contribution in [3.63, 3.8) is 0 Å². The summed E-state index contributed by atoms with van der Waals surface area (Å²) in [5, 5.41) is 8.13. The van der Waals surface area contributed by atoms with Gasteiger partial charge in [0.25, 0.3) is 0 Å². The molecule has 0 unspecified atom stereocenters. The van der Waals surface area contributed by atoms with Gasteiger partial charge in [0.2, 0.25) is 5.90 Å². The lowest BCUT2D eigenvalue weighted by Crippen LogP contribution is -2.02. The average molecular weight is 268 g/mol. The third-order valence-corrected chi connectivity index (χ3v) is 2.66. The average Bonchev–Trinajstić information content (AvgIpc) is 2.52. The zero-order valence-electron chi connectivity index (χ0n) is 11.5. The molecule has 0 aromatic heterocycles. The third-order valence-electron chi connectivity index (χ3n) is 2.66. The molecule has 2 rings (SSSR count). The van der Waals surface area contributed by atoms with Crippen LogP contribution in [0.25, 0.3) is 0 Å². The number of hydrogen-bond donors (Lipinski definition) is 0. The van der Waals surface area contributed by atoms with Crippen LogP contribution < -0.4 is 4.74 Å². The summed E-state index contributed by atoms with van der Waals surface area (Å²) in [4.78, 5) is 0. The summed E-state index contributed by atoms with van der Waals surface area (Å²) in [5.74, 6) is 1.26. The molecule has 0 aliphatic heterocycles. The van der Waals surface area contributed by atoms with Crippen LogP contribution >= 0.6 is 0 Å². The van der Waals surface area contributed by atoms with Crippen molar-refractivity contribution in [3.8, 4) is 5.75 Å². The van der Waals surface area contributed by atoms with Gasteiger partial charge in [-0.15, -0.1) is 5.10 Å². The minimum absolute atomic E-state index is 0.477. The van der Waals surface area contributed by atoms with Gasteiger partial charge >= 0.3 is 0 Å². The van der Waals surface area contributed by atoms with Gasteiger partial charge < -0.3 is 9.47 Å². The van der Waals surface area contributed by atoms with Crippen molar-refractivity contribution in [2.75, 3.05) is 14.2 Å². The van der Waals surface area contributed by atoms with E-state index >= 15 is 0 Å². The zero-order chi connectivity index (χ0) is 14.2. The number of ether oxygens (including phenoxy) is 2. The Balaban J connectivity index is 2.15. The molecule has 0 aliphatic rings. The van der Waals surface area contributed by atoms with Gasteiger partial charge in [0.1, 0.15) is 5.75 Å². The fourth-order valence-corrected chi connectivity index (χ4v) is 1.67. The molecular weight excluding hydrogens is 252 g/mol. The maximum absolute atomic E-state index is 5.23. The van der Waals surface area contributed by atoms with E-state index in [2.05, 4.69) is 10.2 Å². The van der Waals surface area contributed by atoms with E-state index in [0.29, 0.717) is 5.90 Å². The summed E-state index contributed by atoms with van der Waals surface area (Å²) in [6.07, 6.45) is 1.66. The van der Waals surface area contributed by atoms with Crippen LogP contribution in [0.1, 0.15) is 11.1 Å². The summed E-state index contributed by atoms with van der Waals surface area (Å²) in [5.41, 5.74) is 1.80. The molecule has 0 amide bonds. The summed E-state index contributed by atoms with van der Waals surface area (Å²) >= 11 is 0. The van der Waals surface area contributed by atoms with E-state index in [1.165, 1.54) is 0 Å². The predicted molar refractivity (Wildman–Crippen MR) is 80.6 cm³/mol. The van der Waals surface area contributed by atoms with Crippen LogP contribution in [0.2, 0.25) is 0 Å². The molecule has 0 heterocycles. The minimum Gasteiger partial charge on any atom is -0.497 e. The largest absolute Gasteiger partial charge is 0.497 e. The fraction of sp³-hybridized carbons (Fsp3) is 0.125. The van der Waals surface area contributed by atoms with Crippen LogP contribution in [-0.2, 0) is 4.74 Å². The Bertz CT molecular complexity index is 607. The van der Waals surface area contributed by atoms with E-state index in [1.807, 2.05) is 54.6 Å². The number of hydrogen-bond acceptors (Lipinski definition) is 4. The van der Waals surface area contributed by atoms with Crippen LogP contribution in [0.4, 0.5) is 0 Å². The molecule has 4 nitrogen and oxygen atoms in total. The molecule has 4 heteroatoms. The van der Waals surface area contributed by atoms with E-state index < -0.39 is 0 Å². The molecule has 102 valence electrons. The van der Waals surface area contributed by atoms with Crippen molar-refractivity contribution in [1.29, 1.82) is 0 Å². The second-order valence-electron chi connectivity index (χ2n) is 4.00. The molecule has 0 N–H and O–H groups in total. The number of rotatable bonds is 4. The highest BCUT2D eigenvalue weighted by molar-refractivity contribution is 5.94. The number of nitrogens with zero attached hydrogens (tertiary/aromatic N) is 2. The van der Waals surface area contributed by atoms with Crippen molar-refractivity contribution < 1.29 is 9.47 Å². The first-order chi connectivity index (χ1) is 9.83. The standard InChI is InChI=1S/C16H16N2O2/c1-19-15-10-6-7-13(11-15)12-17-18-16(20-2)14-8-4-3-5-9-14/h3-12H,1-2H3. The fourth-order valence-electron chi connectivity index (χ4n) is 1.67. The lowest BCUT2D eigenvalue weighted by atomic mass is 10.2. The molecule has 0 radical (unpaired) electrons. The SMILES string of the molecule is COC(=NN=Cc1cccc(OC)c1)c1ccccc1. The minimum atomic E-state index is 0.477. The van der Waals surface area contributed by atoms with Crippen LogP contribution in [0.15, 0.2) is 64.8 Å². The first kappa shape index (κ1) is 13.8. The normalized spacial score (nSPS) is 11.6. The molecule has 0 fully saturated rings. The van der Waals surface area contributed by atoms with Crippen LogP contribution in [0.5, 0.6) is 5.75 Å². The van der Waals surface area contributed by atoms with Gasteiger partial charge in [-0.3, -0.25) is 0 Å². The Morgan fingerprint density at radius 3 is 2.50 bits per heavy atom. The molecule has 0 saturated carbocycles. The Kier molecular flexibility index (Phi) is 4.89. The highest BCUT2D eigenvalue weighted by atomic mass is 16.5. The van der Waals surface area contributed by atoms with Gasteiger partial charge in [0.15, 0.2) is 0 Å². The Hall–Kier alpha value is -2.62. The maximum Gasteiger partial charge on any atom is 0.240 e. The smallest absolute Gasteiger partial charge is 0.240 e. The van der Waals surface area contributed by atoms with E-state index in [0.717, 1.165) is 16.9 Å². The van der Waals surface area contributed by atoms with Crippen molar-refractivity contribution >= 4 is 12.1 Å². The highest BCUT2D eigenvalue weighted by Gasteiger charge is 2.00. The monoisotopic (exact) mass is 268 g/mol. The topological polar surface area (TPSA) is 43.2 Å². The second-order valence-corrected chi connectivity index (χ2v) is 4.00. The van der Waals surface area contributed by atoms with Crippen molar-refractivity contribution in [3.05, 3.63) is 65.7 Å². The van der Waals surface area contributed by atoms with Crippen molar-refractivity contribution in [2.24, 2.45) is 10.2 Å².